The summed E-state index contributed by atoms with van der Waals surface area (Å²) in [5, 5.41) is 0. The van der Waals surface area contributed by atoms with Gasteiger partial charge in [-0.1, -0.05) is 0 Å². The summed E-state index contributed by atoms with van der Waals surface area (Å²) in [6.07, 6.45) is 9.36. The molecule has 4 rings (SSSR count). The predicted octanol–water partition coefficient (Wildman–Crippen LogP) is 2.63. The molecule has 0 spiro atoms. The van der Waals surface area contributed by atoms with Gasteiger partial charge in [0.25, 0.3) is 0 Å². The Hall–Kier alpha value is -0.0151. The van der Waals surface area contributed by atoms with Gasteiger partial charge in [-0.15, -0.1) is 0 Å². The van der Waals surface area contributed by atoms with Crippen molar-refractivity contribution in [2.24, 2.45) is 11.8 Å². The molecule has 3 aliphatic carbocycles. The van der Waals surface area contributed by atoms with Gasteiger partial charge in [0.2, 0.25) is 0 Å². The van der Waals surface area contributed by atoms with Crippen LogP contribution in [0.1, 0.15) is 44.9 Å². The maximum Gasteiger partial charge on any atom is 0.454 e. The molecule has 3 heteroatoms. The molecule has 0 aromatic carbocycles. The molecule has 2 nitrogen and oxygen atoms in total. The monoisotopic (exact) mass is 206 g/mol. The zero-order valence-corrected chi connectivity index (χ0v) is 9.50. The van der Waals surface area contributed by atoms with Crippen LogP contribution in [0.2, 0.25) is 6.82 Å². The van der Waals surface area contributed by atoms with Crippen LogP contribution in [-0.2, 0) is 9.31 Å². The summed E-state index contributed by atoms with van der Waals surface area (Å²) in [5.74, 6) is 1.65. The molecule has 0 radical (unpaired) electrons. The van der Waals surface area contributed by atoms with E-state index in [0.717, 1.165) is 11.8 Å². The van der Waals surface area contributed by atoms with Gasteiger partial charge in [-0.2, -0.15) is 0 Å². The Morgan fingerprint density at radius 2 is 1.40 bits per heavy atom. The Morgan fingerprint density at radius 3 is 1.80 bits per heavy atom. The average Bonchev–Trinajstić information content (AvgIpc) is 3.08. The lowest BCUT2D eigenvalue weighted by molar-refractivity contribution is -0.0544. The fourth-order valence-corrected chi connectivity index (χ4v) is 4.36. The highest BCUT2D eigenvalue weighted by Gasteiger charge is 2.72. The number of rotatable bonds is 2. The fraction of sp³-hybridized carbons (Fsp3) is 1.00. The predicted molar refractivity (Wildman–Crippen MR) is 58.5 cm³/mol. The van der Waals surface area contributed by atoms with Crippen LogP contribution < -0.4 is 0 Å². The normalized spacial score (nSPS) is 49.8. The van der Waals surface area contributed by atoms with E-state index < -0.39 is 0 Å². The molecule has 4 aliphatic rings. The van der Waals surface area contributed by atoms with Crippen molar-refractivity contribution < 1.29 is 9.31 Å². The van der Waals surface area contributed by atoms with Crippen LogP contribution >= 0.6 is 0 Å². The number of hydrogen-bond donors (Lipinski definition) is 0. The first kappa shape index (κ1) is 9.06. The summed E-state index contributed by atoms with van der Waals surface area (Å²) in [6.45, 7) is 2.09. The molecule has 1 aliphatic heterocycles. The molecular formula is C12H19BO2. The summed E-state index contributed by atoms with van der Waals surface area (Å²) in [6, 6.07) is 0. The standard InChI is InChI=1S/C12H19BO2/c1-13-14-11(9-3-4-9)7-2-8-12(11,15-13)10-5-6-10/h9-10H,2-8H2,1H3/t11-,12+. The second-order valence-electron chi connectivity index (χ2n) is 5.98. The minimum atomic E-state index is 0.0477. The molecule has 3 saturated carbocycles. The van der Waals surface area contributed by atoms with Gasteiger partial charge in [0.05, 0.1) is 11.2 Å². The Balaban J connectivity index is 1.78. The summed E-state index contributed by atoms with van der Waals surface area (Å²) in [5.41, 5.74) is 0.293. The smallest absolute Gasteiger partial charge is 0.402 e. The molecule has 0 unspecified atom stereocenters. The quantitative estimate of drug-likeness (QED) is 0.646. The van der Waals surface area contributed by atoms with Gasteiger partial charge in [-0.25, -0.2) is 0 Å². The third-order valence-corrected chi connectivity index (χ3v) is 5.04. The Labute approximate surface area is 91.8 Å². The fourth-order valence-electron chi connectivity index (χ4n) is 4.36. The van der Waals surface area contributed by atoms with Gasteiger partial charge < -0.3 is 9.31 Å². The van der Waals surface area contributed by atoms with E-state index in [4.69, 9.17) is 9.31 Å². The maximum atomic E-state index is 6.28. The molecule has 0 aromatic heterocycles. The van der Waals surface area contributed by atoms with Crippen LogP contribution in [0.3, 0.4) is 0 Å². The number of fused-ring (bicyclic) bond motifs is 1. The summed E-state index contributed by atoms with van der Waals surface area (Å²) < 4.78 is 12.6. The molecule has 2 atom stereocenters. The van der Waals surface area contributed by atoms with Crippen molar-refractivity contribution in [3.8, 4) is 0 Å². The van der Waals surface area contributed by atoms with Crippen molar-refractivity contribution in [3.63, 3.8) is 0 Å². The maximum absolute atomic E-state index is 6.28. The first-order valence-electron chi connectivity index (χ1n) is 6.62. The zero-order valence-electron chi connectivity index (χ0n) is 9.50. The molecule has 1 saturated heterocycles. The van der Waals surface area contributed by atoms with E-state index in [0.29, 0.717) is 0 Å². The van der Waals surface area contributed by atoms with Gasteiger partial charge >= 0.3 is 7.12 Å². The van der Waals surface area contributed by atoms with Crippen molar-refractivity contribution in [1.82, 2.24) is 0 Å². The van der Waals surface area contributed by atoms with Crippen molar-refractivity contribution in [2.45, 2.75) is 63.0 Å². The minimum Gasteiger partial charge on any atom is -0.402 e. The van der Waals surface area contributed by atoms with E-state index in [1.54, 1.807) is 0 Å². The summed E-state index contributed by atoms with van der Waals surface area (Å²) in [4.78, 5) is 0. The molecule has 0 amide bonds. The third-order valence-electron chi connectivity index (χ3n) is 5.04. The van der Waals surface area contributed by atoms with E-state index in [1.807, 2.05) is 0 Å². The lowest BCUT2D eigenvalue weighted by atomic mass is 9.78. The van der Waals surface area contributed by atoms with Crippen LogP contribution in [0.25, 0.3) is 0 Å². The van der Waals surface area contributed by atoms with Gasteiger partial charge in [-0.05, 0) is 63.6 Å². The third kappa shape index (κ3) is 0.993. The molecule has 15 heavy (non-hydrogen) atoms. The van der Waals surface area contributed by atoms with Crippen LogP contribution in [0.5, 0.6) is 0 Å². The highest BCUT2D eigenvalue weighted by Crippen LogP contribution is 2.66. The number of hydrogen-bond acceptors (Lipinski definition) is 2. The largest absolute Gasteiger partial charge is 0.454 e. The van der Waals surface area contributed by atoms with Gasteiger partial charge in [0.15, 0.2) is 0 Å². The topological polar surface area (TPSA) is 18.5 Å². The Morgan fingerprint density at radius 1 is 0.933 bits per heavy atom. The van der Waals surface area contributed by atoms with Gasteiger partial charge in [0, 0.05) is 0 Å². The van der Waals surface area contributed by atoms with Crippen molar-refractivity contribution in [1.29, 1.82) is 0 Å². The lowest BCUT2D eigenvalue weighted by Gasteiger charge is -2.40. The van der Waals surface area contributed by atoms with Crippen LogP contribution in [0.4, 0.5) is 0 Å². The van der Waals surface area contributed by atoms with Gasteiger partial charge in [0.1, 0.15) is 0 Å². The van der Waals surface area contributed by atoms with E-state index >= 15 is 0 Å². The summed E-state index contributed by atoms with van der Waals surface area (Å²) in [7, 11) is 0.0477. The molecule has 0 bridgehead atoms. The molecular weight excluding hydrogens is 187 g/mol. The van der Waals surface area contributed by atoms with E-state index in [2.05, 4.69) is 6.82 Å². The molecule has 82 valence electrons. The SMILES string of the molecule is CB1O[C@]2(C3CC3)CCC[C@]2(C2CC2)O1. The van der Waals surface area contributed by atoms with E-state index in [9.17, 15) is 0 Å². The second-order valence-corrected chi connectivity index (χ2v) is 5.98. The van der Waals surface area contributed by atoms with Gasteiger partial charge in [-0.3, -0.25) is 0 Å². The van der Waals surface area contributed by atoms with Crippen molar-refractivity contribution in [3.05, 3.63) is 0 Å². The van der Waals surface area contributed by atoms with Crippen LogP contribution in [0.15, 0.2) is 0 Å². The zero-order chi connectivity index (χ0) is 10.1. The second kappa shape index (κ2) is 2.62. The Bertz CT molecular complexity index is 272. The Kier molecular flexibility index (Phi) is 1.58. The first-order valence-corrected chi connectivity index (χ1v) is 6.62. The first-order chi connectivity index (χ1) is 7.27. The molecule has 0 aromatic rings. The lowest BCUT2D eigenvalue weighted by Crippen LogP contribution is -2.50. The highest BCUT2D eigenvalue weighted by atomic mass is 16.7. The highest BCUT2D eigenvalue weighted by molar-refractivity contribution is 6.43. The summed E-state index contributed by atoms with van der Waals surface area (Å²) >= 11 is 0. The molecule has 4 fully saturated rings. The molecule has 0 N–H and O–H groups in total. The minimum absolute atomic E-state index is 0.0477. The van der Waals surface area contributed by atoms with Crippen LogP contribution in [0, 0.1) is 11.8 Å². The van der Waals surface area contributed by atoms with E-state index in [1.165, 1.54) is 44.9 Å². The van der Waals surface area contributed by atoms with Crippen LogP contribution in [-0.4, -0.2) is 18.3 Å². The van der Waals surface area contributed by atoms with E-state index in [-0.39, 0.29) is 18.3 Å². The van der Waals surface area contributed by atoms with Crippen molar-refractivity contribution in [2.75, 3.05) is 0 Å². The average molecular weight is 206 g/mol. The van der Waals surface area contributed by atoms with Crippen molar-refractivity contribution >= 4 is 7.12 Å². The molecule has 1 heterocycles.